The number of thiophene rings is 1. The first kappa shape index (κ1) is 20.2. The topological polar surface area (TPSA) is 57.2 Å². The molecular formula is C25H18F2N2O2S. The van der Waals surface area contributed by atoms with E-state index in [2.05, 4.69) is 6.07 Å². The molecule has 160 valence electrons. The monoisotopic (exact) mass is 448 g/mol. The lowest BCUT2D eigenvalue weighted by molar-refractivity contribution is -0.0504. The molecule has 0 radical (unpaired) electrons. The maximum Gasteiger partial charge on any atom is 0.387 e. The molecule has 4 nitrogen and oxygen atoms in total. The number of rotatable bonds is 6. The van der Waals surface area contributed by atoms with Crippen LogP contribution in [0.2, 0.25) is 0 Å². The van der Waals surface area contributed by atoms with Crippen LogP contribution in [0.1, 0.15) is 15.9 Å². The highest BCUT2D eigenvalue weighted by atomic mass is 32.1. The van der Waals surface area contributed by atoms with Crippen LogP contribution in [-0.2, 0) is 6.54 Å². The van der Waals surface area contributed by atoms with E-state index in [1.54, 1.807) is 41.7 Å². The van der Waals surface area contributed by atoms with Gasteiger partial charge in [0.2, 0.25) is 5.91 Å². The number of amides is 1. The average Bonchev–Trinajstić information content (AvgIpc) is 3.41. The van der Waals surface area contributed by atoms with Crippen LogP contribution in [0.25, 0.3) is 32.2 Å². The lowest BCUT2D eigenvalue weighted by Crippen LogP contribution is -2.11. The smallest absolute Gasteiger partial charge is 0.387 e. The number of carbonyl (C=O) groups is 1. The fraction of sp³-hybridized carbons (Fsp3) is 0.0800. The number of benzene rings is 3. The van der Waals surface area contributed by atoms with E-state index in [9.17, 15) is 13.6 Å². The summed E-state index contributed by atoms with van der Waals surface area (Å²) in [5, 5.41) is 3.64. The normalized spacial score (nSPS) is 11.5. The maximum atomic E-state index is 13.0. The molecule has 32 heavy (non-hydrogen) atoms. The highest BCUT2D eigenvalue weighted by Crippen LogP contribution is 2.36. The van der Waals surface area contributed by atoms with Gasteiger partial charge >= 0.3 is 6.61 Å². The molecule has 0 atom stereocenters. The van der Waals surface area contributed by atoms with E-state index in [4.69, 9.17) is 10.5 Å². The molecule has 5 aromatic rings. The number of aromatic nitrogens is 1. The van der Waals surface area contributed by atoms with Crippen molar-refractivity contribution in [3.63, 3.8) is 0 Å². The Morgan fingerprint density at radius 3 is 2.59 bits per heavy atom. The molecule has 0 bridgehead atoms. The minimum Gasteiger partial charge on any atom is -0.434 e. The number of halogens is 2. The van der Waals surface area contributed by atoms with Gasteiger partial charge in [-0.25, -0.2) is 0 Å². The summed E-state index contributed by atoms with van der Waals surface area (Å²) >= 11 is 1.63. The second kappa shape index (κ2) is 8.09. The zero-order valence-corrected chi connectivity index (χ0v) is 17.6. The van der Waals surface area contributed by atoms with Gasteiger partial charge in [-0.1, -0.05) is 42.5 Å². The Morgan fingerprint density at radius 1 is 1.00 bits per heavy atom. The van der Waals surface area contributed by atoms with Crippen molar-refractivity contribution in [1.29, 1.82) is 0 Å². The Labute approximate surface area is 186 Å². The summed E-state index contributed by atoms with van der Waals surface area (Å²) < 4.78 is 32.7. The third kappa shape index (κ3) is 3.50. The number of carbonyl (C=O) groups excluding carboxylic acids is 1. The maximum absolute atomic E-state index is 13.0. The van der Waals surface area contributed by atoms with E-state index in [0.717, 1.165) is 32.2 Å². The van der Waals surface area contributed by atoms with Crippen molar-refractivity contribution in [3.05, 3.63) is 89.3 Å². The third-order valence-corrected chi connectivity index (χ3v) is 6.40. The molecule has 0 unspecified atom stereocenters. The number of ether oxygens (including phenoxy) is 1. The van der Waals surface area contributed by atoms with Crippen LogP contribution < -0.4 is 10.5 Å². The van der Waals surface area contributed by atoms with Crippen molar-refractivity contribution < 1.29 is 18.3 Å². The lowest BCUT2D eigenvalue weighted by Gasteiger charge is -2.13. The van der Waals surface area contributed by atoms with Gasteiger partial charge in [-0.2, -0.15) is 8.78 Å². The average molecular weight is 448 g/mol. The van der Waals surface area contributed by atoms with Crippen molar-refractivity contribution >= 4 is 39.0 Å². The number of nitrogens with zero attached hydrogens (tertiary/aromatic N) is 1. The molecule has 0 aliphatic carbocycles. The highest BCUT2D eigenvalue weighted by Gasteiger charge is 2.19. The van der Waals surface area contributed by atoms with Crippen LogP contribution in [0.15, 0.2) is 78.2 Å². The summed E-state index contributed by atoms with van der Waals surface area (Å²) in [7, 11) is 0. The summed E-state index contributed by atoms with van der Waals surface area (Å²) in [4.78, 5) is 13.3. The Hall–Kier alpha value is -3.71. The molecule has 2 aromatic heterocycles. The van der Waals surface area contributed by atoms with Gasteiger partial charge in [0, 0.05) is 26.8 Å². The van der Waals surface area contributed by atoms with E-state index < -0.39 is 12.5 Å². The van der Waals surface area contributed by atoms with Crippen molar-refractivity contribution in [2.45, 2.75) is 13.2 Å². The second-order valence-corrected chi connectivity index (χ2v) is 8.29. The van der Waals surface area contributed by atoms with Crippen LogP contribution in [-0.4, -0.2) is 17.1 Å². The minimum absolute atomic E-state index is 0.123. The number of alkyl halides is 2. The number of para-hydroxylation sites is 1. The van der Waals surface area contributed by atoms with Crippen molar-refractivity contribution in [3.8, 4) is 16.2 Å². The van der Waals surface area contributed by atoms with E-state index in [1.165, 1.54) is 6.07 Å². The SMILES string of the molecule is NC(=O)c1cccc2c1c1ccc(-c3cccs3)cc1n2Cc1ccccc1OC(F)F. The standard InChI is InChI=1S/C25H18F2N2O2S/c26-25(27)31-21-8-2-1-5-16(21)14-29-19-7-3-6-18(24(28)30)23(19)17-11-10-15(13-20(17)29)22-9-4-12-32-22/h1-13,25H,14H2,(H2,28,30). The zero-order valence-electron chi connectivity index (χ0n) is 16.8. The molecule has 0 spiro atoms. The van der Waals surface area contributed by atoms with Crippen LogP contribution in [0.4, 0.5) is 8.78 Å². The summed E-state index contributed by atoms with van der Waals surface area (Å²) in [6, 6.07) is 22.2. The van der Waals surface area contributed by atoms with Crippen molar-refractivity contribution in [2.75, 3.05) is 0 Å². The van der Waals surface area contributed by atoms with Crippen LogP contribution in [0.3, 0.4) is 0 Å². The van der Waals surface area contributed by atoms with Crippen LogP contribution in [0, 0.1) is 0 Å². The summed E-state index contributed by atoms with van der Waals surface area (Å²) in [5.74, 6) is -0.392. The first-order valence-corrected chi connectivity index (χ1v) is 10.8. The van der Waals surface area contributed by atoms with Crippen LogP contribution >= 0.6 is 11.3 Å². The Bertz CT molecular complexity index is 1440. The largest absolute Gasteiger partial charge is 0.434 e. The predicted molar refractivity (Wildman–Crippen MR) is 123 cm³/mol. The zero-order chi connectivity index (χ0) is 22.2. The minimum atomic E-state index is -2.92. The summed E-state index contributed by atoms with van der Waals surface area (Å²) in [5.41, 5.74) is 9.42. The van der Waals surface area contributed by atoms with E-state index in [1.807, 2.05) is 40.3 Å². The molecular weight excluding hydrogens is 430 g/mol. The number of nitrogens with two attached hydrogens (primary N) is 1. The number of primary amides is 1. The first-order chi connectivity index (χ1) is 15.5. The third-order valence-electron chi connectivity index (χ3n) is 5.48. The number of fused-ring (bicyclic) bond motifs is 3. The van der Waals surface area contributed by atoms with Gasteiger partial charge in [-0.15, -0.1) is 11.3 Å². The molecule has 7 heteroatoms. The van der Waals surface area contributed by atoms with Gasteiger partial charge in [0.15, 0.2) is 0 Å². The lowest BCUT2D eigenvalue weighted by atomic mass is 10.0. The molecule has 0 fully saturated rings. The van der Waals surface area contributed by atoms with Gasteiger partial charge in [-0.3, -0.25) is 4.79 Å². The molecule has 0 saturated carbocycles. The fourth-order valence-corrected chi connectivity index (χ4v) is 4.86. The van der Waals surface area contributed by atoms with E-state index in [-0.39, 0.29) is 5.75 Å². The number of hydrogen-bond acceptors (Lipinski definition) is 3. The van der Waals surface area contributed by atoms with Crippen LogP contribution in [0.5, 0.6) is 5.75 Å². The molecule has 3 aromatic carbocycles. The molecule has 0 saturated heterocycles. The summed E-state index contributed by atoms with van der Waals surface area (Å²) in [6.07, 6.45) is 0. The number of hydrogen-bond donors (Lipinski definition) is 1. The molecule has 2 heterocycles. The Kier molecular flexibility index (Phi) is 5.11. The molecule has 0 aliphatic rings. The van der Waals surface area contributed by atoms with E-state index >= 15 is 0 Å². The molecule has 0 aliphatic heterocycles. The molecule has 5 rings (SSSR count). The Morgan fingerprint density at radius 2 is 1.84 bits per heavy atom. The quantitative estimate of drug-likeness (QED) is 0.333. The van der Waals surface area contributed by atoms with Gasteiger partial charge in [0.1, 0.15) is 5.75 Å². The van der Waals surface area contributed by atoms with Gasteiger partial charge in [0.05, 0.1) is 17.6 Å². The Balaban J connectivity index is 1.77. The van der Waals surface area contributed by atoms with Gasteiger partial charge < -0.3 is 15.0 Å². The van der Waals surface area contributed by atoms with Gasteiger partial charge in [0.25, 0.3) is 0 Å². The van der Waals surface area contributed by atoms with E-state index in [0.29, 0.717) is 17.7 Å². The van der Waals surface area contributed by atoms with Crippen molar-refractivity contribution in [2.24, 2.45) is 5.73 Å². The van der Waals surface area contributed by atoms with Gasteiger partial charge in [-0.05, 0) is 41.3 Å². The molecule has 2 N–H and O–H groups in total. The fourth-order valence-electron chi connectivity index (χ4n) is 4.13. The van der Waals surface area contributed by atoms with Crippen molar-refractivity contribution in [1.82, 2.24) is 4.57 Å². The molecule has 1 amide bonds. The highest BCUT2D eigenvalue weighted by molar-refractivity contribution is 7.13. The predicted octanol–water partition coefficient (Wildman–Crippen LogP) is 6.27. The summed E-state index contributed by atoms with van der Waals surface area (Å²) in [6.45, 7) is -2.62. The first-order valence-electron chi connectivity index (χ1n) is 9.94. The second-order valence-electron chi connectivity index (χ2n) is 7.35.